The van der Waals surface area contributed by atoms with Gasteiger partial charge < -0.3 is 14.0 Å². The van der Waals surface area contributed by atoms with Crippen molar-refractivity contribution in [2.24, 2.45) is 0 Å². The fourth-order valence-corrected chi connectivity index (χ4v) is 9.45. The molecule has 12 rings (SSSR count). The van der Waals surface area contributed by atoms with Crippen LogP contribution < -0.4 is 4.90 Å². The van der Waals surface area contributed by atoms with E-state index in [1.165, 1.54) is 82.3 Å². The van der Waals surface area contributed by atoms with Gasteiger partial charge in [0.2, 0.25) is 0 Å². The normalized spacial score (nSPS) is 11.6. The molecule has 0 atom stereocenters. The Morgan fingerprint density at radius 1 is 0.262 bits per heavy atom. The number of rotatable bonds is 7. The summed E-state index contributed by atoms with van der Waals surface area (Å²) in [6.07, 6.45) is 0. The molecule has 0 unspecified atom stereocenters. The predicted octanol–water partition coefficient (Wildman–Crippen LogP) is 15.8. The molecule has 0 aliphatic rings. The number of hydrogen-bond donors (Lipinski definition) is 0. The molecule has 0 radical (unpaired) electrons. The molecule has 286 valence electrons. The number of para-hydroxylation sites is 4. The number of benzene rings is 10. The Balaban J connectivity index is 0.944. The summed E-state index contributed by atoms with van der Waals surface area (Å²) in [4.78, 5) is 2.39. The minimum atomic E-state index is 1.10. The third-order valence-electron chi connectivity index (χ3n) is 12.3. The summed E-state index contributed by atoms with van der Waals surface area (Å²) in [6, 6.07) is 85.9. The lowest BCUT2D eigenvalue weighted by Crippen LogP contribution is -2.10. The molecular weight excluding hydrogens is 739 g/mol. The summed E-state index contributed by atoms with van der Waals surface area (Å²) in [5, 5.41) is 7.43. The Kier molecular flexibility index (Phi) is 8.17. The fraction of sp³-hybridized carbons (Fsp3) is 0. The highest BCUT2D eigenvalue weighted by Crippen LogP contribution is 2.42. The van der Waals surface area contributed by atoms with E-state index in [-0.39, 0.29) is 0 Å². The second-order valence-corrected chi connectivity index (χ2v) is 15.8. The van der Waals surface area contributed by atoms with Gasteiger partial charge in [-0.3, -0.25) is 0 Å². The molecule has 0 spiro atoms. The minimum Gasteiger partial charge on any atom is -0.310 e. The molecule has 0 N–H and O–H groups in total. The average Bonchev–Trinajstić information content (AvgIpc) is 3.85. The van der Waals surface area contributed by atoms with Gasteiger partial charge in [-0.1, -0.05) is 152 Å². The molecule has 3 heteroatoms. The summed E-state index contributed by atoms with van der Waals surface area (Å²) in [5.74, 6) is 0. The van der Waals surface area contributed by atoms with Gasteiger partial charge in [-0.15, -0.1) is 0 Å². The molecule has 2 heterocycles. The Hall–Kier alpha value is -8.14. The molecule has 0 bridgehead atoms. The molecule has 0 fully saturated rings. The van der Waals surface area contributed by atoms with Crippen molar-refractivity contribution in [2.45, 2.75) is 0 Å². The van der Waals surface area contributed by atoms with Crippen LogP contribution in [0, 0.1) is 0 Å². The van der Waals surface area contributed by atoms with Crippen molar-refractivity contribution in [3.63, 3.8) is 0 Å². The Morgan fingerprint density at radius 2 is 0.705 bits per heavy atom. The zero-order chi connectivity index (χ0) is 40.3. The number of fused-ring (bicyclic) bond motifs is 7. The summed E-state index contributed by atoms with van der Waals surface area (Å²) < 4.78 is 4.75. The van der Waals surface area contributed by atoms with Gasteiger partial charge in [0.05, 0.1) is 27.8 Å². The first-order chi connectivity index (χ1) is 30.3. The Labute approximate surface area is 354 Å². The number of hydrogen-bond acceptors (Lipinski definition) is 1. The fourth-order valence-electron chi connectivity index (χ4n) is 9.45. The van der Waals surface area contributed by atoms with Gasteiger partial charge in [0.1, 0.15) is 0 Å². The molecule has 12 aromatic rings. The largest absolute Gasteiger partial charge is 0.310 e. The second kappa shape index (κ2) is 14.3. The predicted molar refractivity (Wildman–Crippen MR) is 258 cm³/mol. The molecule has 0 aliphatic heterocycles. The van der Waals surface area contributed by atoms with Crippen LogP contribution in [0.2, 0.25) is 0 Å². The molecule has 2 aromatic heterocycles. The van der Waals surface area contributed by atoms with Gasteiger partial charge in [0.15, 0.2) is 0 Å². The zero-order valence-corrected chi connectivity index (χ0v) is 33.4. The van der Waals surface area contributed by atoms with E-state index in [9.17, 15) is 0 Å². The molecule has 61 heavy (non-hydrogen) atoms. The molecule has 0 aliphatic carbocycles. The molecule has 0 amide bonds. The maximum absolute atomic E-state index is 2.39. The number of aromatic nitrogens is 2. The van der Waals surface area contributed by atoms with Crippen LogP contribution in [-0.4, -0.2) is 9.13 Å². The van der Waals surface area contributed by atoms with Crippen LogP contribution in [-0.2, 0) is 0 Å². The van der Waals surface area contributed by atoms with Crippen molar-refractivity contribution in [3.05, 3.63) is 237 Å². The van der Waals surface area contributed by atoms with E-state index < -0.39 is 0 Å². The maximum Gasteiger partial charge on any atom is 0.0547 e. The molecule has 0 saturated carbocycles. The minimum absolute atomic E-state index is 1.10. The van der Waals surface area contributed by atoms with Crippen molar-refractivity contribution >= 4 is 71.4 Å². The van der Waals surface area contributed by atoms with Crippen LogP contribution in [0.15, 0.2) is 237 Å². The van der Waals surface area contributed by atoms with Crippen LogP contribution in [0.4, 0.5) is 17.1 Å². The molecule has 10 aromatic carbocycles. The van der Waals surface area contributed by atoms with E-state index in [0.717, 1.165) is 22.7 Å². The lowest BCUT2D eigenvalue weighted by Gasteiger charge is -2.27. The third kappa shape index (κ3) is 5.82. The average molecular weight is 778 g/mol. The smallest absolute Gasteiger partial charge is 0.0547 e. The first kappa shape index (κ1) is 34.9. The topological polar surface area (TPSA) is 13.1 Å². The summed E-state index contributed by atoms with van der Waals surface area (Å²) in [6.45, 7) is 0. The van der Waals surface area contributed by atoms with E-state index in [4.69, 9.17) is 0 Å². The first-order valence-electron chi connectivity index (χ1n) is 20.9. The van der Waals surface area contributed by atoms with Crippen molar-refractivity contribution in [3.8, 4) is 33.6 Å². The highest BCUT2D eigenvalue weighted by Gasteiger charge is 2.18. The molecule has 0 saturated heterocycles. The zero-order valence-electron chi connectivity index (χ0n) is 33.4. The van der Waals surface area contributed by atoms with Crippen molar-refractivity contribution in [1.82, 2.24) is 9.13 Å². The van der Waals surface area contributed by atoms with Crippen LogP contribution in [0.3, 0.4) is 0 Å². The number of nitrogens with zero attached hydrogens (tertiary/aromatic N) is 3. The van der Waals surface area contributed by atoms with Gasteiger partial charge in [0, 0.05) is 49.7 Å². The number of anilines is 3. The van der Waals surface area contributed by atoms with Crippen LogP contribution in [0.5, 0.6) is 0 Å². The standard InChI is InChI=1S/C58H39N3/c1-3-16-45(17-4-1)60-56-24-12-10-22-51(56)53-38-43(31-37-57(53)60)40-26-32-47(33-27-40)59(54-25-13-15-42-14-7-8-20-49(42)54)48-34-28-41(29-35-48)44-30-36-52-50-21-9-11-23-55(50)61(58(52)39-44)46-18-5-2-6-19-46/h1-39H. The SMILES string of the molecule is c1ccc(-n2c3ccccc3c3cc(-c4ccc(N(c5ccc(-c6ccc7c8ccccc8n(-c8ccccc8)c7c6)cc5)c5cccc6ccccc56)cc4)ccc32)cc1. The highest BCUT2D eigenvalue weighted by molar-refractivity contribution is 6.11. The van der Waals surface area contributed by atoms with E-state index >= 15 is 0 Å². The van der Waals surface area contributed by atoms with E-state index in [0.29, 0.717) is 0 Å². The second-order valence-electron chi connectivity index (χ2n) is 15.8. The van der Waals surface area contributed by atoms with Gasteiger partial charge in [-0.2, -0.15) is 0 Å². The van der Waals surface area contributed by atoms with Gasteiger partial charge in [-0.05, 0) is 113 Å². The first-order valence-corrected chi connectivity index (χ1v) is 20.9. The van der Waals surface area contributed by atoms with E-state index in [1.807, 2.05) is 0 Å². The highest BCUT2D eigenvalue weighted by atomic mass is 15.1. The Morgan fingerprint density at radius 3 is 1.34 bits per heavy atom. The molecular formula is C58H39N3. The van der Waals surface area contributed by atoms with E-state index in [2.05, 4.69) is 251 Å². The maximum atomic E-state index is 2.39. The van der Waals surface area contributed by atoms with Gasteiger partial charge in [0.25, 0.3) is 0 Å². The van der Waals surface area contributed by atoms with Gasteiger partial charge in [-0.25, -0.2) is 0 Å². The third-order valence-corrected chi connectivity index (χ3v) is 12.3. The Bertz CT molecular complexity index is 3560. The summed E-state index contributed by atoms with van der Waals surface area (Å²) >= 11 is 0. The van der Waals surface area contributed by atoms with E-state index in [1.54, 1.807) is 0 Å². The summed E-state index contributed by atoms with van der Waals surface area (Å²) in [5.41, 5.74) is 15.2. The lowest BCUT2D eigenvalue weighted by atomic mass is 10.0. The van der Waals surface area contributed by atoms with Crippen molar-refractivity contribution in [1.29, 1.82) is 0 Å². The van der Waals surface area contributed by atoms with Crippen molar-refractivity contribution < 1.29 is 0 Å². The van der Waals surface area contributed by atoms with Crippen LogP contribution in [0.1, 0.15) is 0 Å². The summed E-state index contributed by atoms with van der Waals surface area (Å²) in [7, 11) is 0. The monoisotopic (exact) mass is 777 g/mol. The molecule has 3 nitrogen and oxygen atoms in total. The van der Waals surface area contributed by atoms with Crippen LogP contribution >= 0.6 is 0 Å². The van der Waals surface area contributed by atoms with Gasteiger partial charge >= 0.3 is 0 Å². The quantitative estimate of drug-likeness (QED) is 0.157. The lowest BCUT2D eigenvalue weighted by molar-refractivity contribution is 1.18. The van der Waals surface area contributed by atoms with Crippen LogP contribution in [0.25, 0.3) is 88.0 Å². The van der Waals surface area contributed by atoms with Crippen molar-refractivity contribution in [2.75, 3.05) is 4.90 Å².